The highest BCUT2D eigenvalue weighted by Crippen LogP contribution is 2.44. The van der Waals surface area contributed by atoms with Crippen molar-refractivity contribution in [3.8, 4) is 39.1 Å². The molecule has 2 heterocycles. The number of para-hydroxylation sites is 3. The minimum absolute atomic E-state index is 0.732. The van der Waals surface area contributed by atoms with Gasteiger partial charge in [-0.1, -0.05) is 195 Å². The van der Waals surface area contributed by atoms with E-state index < -0.39 is 0 Å². The molecule has 0 aliphatic carbocycles. The van der Waals surface area contributed by atoms with E-state index in [9.17, 15) is 0 Å². The maximum Gasteiger partial charge on any atom is 0.0542 e. The molecule has 77 heavy (non-hydrogen) atoms. The maximum atomic E-state index is 4.60. The Hall–Kier alpha value is -10.2. The van der Waals surface area contributed by atoms with Crippen molar-refractivity contribution in [2.75, 3.05) is 21.2 Å². The molecule has 0 bridgehead atoms. The van der Waals surface area contributed by atoms with E-state index in [1.165, 1.54) is 32.9 Å². The van der Waals surface area contributed by atoms with E-state index in [1.807, 2.05) is 0 Å². The Morgan fingerprint density at radius 3 is 1.38 bits per heavy atom. The van der Waals surface area contributed by atoms with Crippen molar-refractivity contribution >= 4 is 72.9 Å². The van der Waals surface area contributed by atoms with Gasteiger partial charge in [0, 0.05) is 74.1 Å². The predicted molar refractivity (Wildman–Crippen MR) is 327 cm³/mol. The van der Waals surface area contributed by atoms with Gasteiger partial charge in [0.1, 0.15) is 0 Å². The van der Waals surface area contributed by atoms with Crippen LogP contribution in [0, 0.1) is 0 Å². The minimum Gasteiger partial charge on any atom is -0.337 e. The third-order valence-corrected chi connectivity index (χ3v) is 14.7. The largest absolute Gasteiger partial charge is 0.337 e. The van der Waals surface area contributed by atoms with Crippen molar-refractivity contribution in [1.82, 2.24) is 4.57 Å². The average molecular weight is 987 g/mol. The summed E-state index contributed by atoms with van der Waals surface area (Å²) in [4.78, 5) is 7.11. The molecular formula is C73H54N4. The second-order valence-corrected chi connectivity index (χ2v) is 19.4. The first-order chi connectivity index (χ1) is 38.1. The fourth-order valence-corrected chi connectivity index (χ4v) is 11.0. The predicted octanol–water partition coefficient (Wildman–Crippen LogP) is 20.0. The monoisotopic (exact) mass is 986 g/mol. The van der Waals surface area contributed by atoms with Crippen LogP contribution in [0.25, 0.3) is 66.4 Å². The van der Waals surface area contributed by atoms with Gasteiger partial charge in [-0.2, -0.15) is 0 Å². The highest BCUT2D eigenvalue weighted by atomic mass is 15.2. The summed E-state index contributed by atoms with van der Waals surface area (Å²) in [5, 5.41) is 2.42. The SMILES string of the molecule is C=C1/C=C\C=C/CN(c2ccccc2)c2ccc(N(c3ccc(-c4ccc(N(c5cccc(-c6ccccc6)c5)c5ccc6c(c5)c5ccccc5n6-c5ccccc5)cc4)cc3)c3cccc(-c4ccccc4)c3)cc21. The molecule has 4 nitrogen and oxygen atoms in total. The highest BCUT2D eigenvalue weighted by Gasteiger charge is 2.22. The molecule has 1 aliphatic rings. The Bertz CT molecular complexity index is 4120. The maximum absolute atomic E-state index is 4.60. The van der Waals surface area contributed by atoms with Crippen LogP contribution in [-0.2, 0) is 0 Å². The van der Waals surface area contributed by atoms with Crippen LogP contribution in [0.1, 0.15) is 5.56 Å². The lowest BCUT2D eigenvalue weighted by atomic mass is 10.00. The van der Waals surface area contributed by atoms with Crippen molar-refractivity contribution < 1.29 is 0 Å². The van der Waals surface area contributed by atoms with Crippen molar-refractivity contribution in [3.05, 3.63) is 315 Å². The van der Waals surface area contributed by atoms with Crippen LogP contribution in [0.2, 0.25) is 0 Å². The third-order valence-electron chi connectivity index (χ3n) is 14.7. The summed E-state index contributed by atoms with van der Waals surface area (Å²) in [7, 11) is 0. The zero-order valence-corrected chi connectivity index (χ0v) is 42.6. The van der Waals surface area contributed by atoms with E-state index in [1.54, 1.807) is 0 Å². The van der Waals surface area contributed by atoms with E-state index in [-0.39, 0.29) is 0 Å². The Kier molecular flexibility index (Phi) is 12.5. The molecule has 0 unspecified atom stereocenters. The van der Waals surface area contributed by atoms with E-state index >= 15 is 0 Å². The molecule has 1 aliphatic heterocycles. The Morgan fingerprint density at radius 2 is 0.779 bits per heavy atom. The van der Waals surface area contributed by atoms with Gasteiger partial charge in [-0.25, -0.2) is 0 Å². The number of fused-ring (bicyclic) bond motifs is 4. The summed E-state index contributed by atoms with van der Waals surface area (Å²) in [6.07, 6.45) is 8.51. The third kappa shape index (κ3) is 9.19. The zero-order chi connectivity index (χ0) is 51.5. The summed E-state index contributed by atoms with van der Waals surface area (Å²) in [5.41, 5.74) is 21.1. The van der Waals surface area contributed by atoms with E-state index in [0.717, 1.165) is 91.1 Å². The van der Waals surface area contributed by atoms with Crippen LogP contribution in [0.3, 0.4) is 0 Å². The Balaban J connectivity index is 0.889. The average Bonchev–Trinajstić information content (AvgIpc) is 3.86. The Labute approximate surface area is 450 Å². The lowest BCUT2D eigenvalue weighted by Gasteiger charge is -2.30. The van der Waals surface area contributed by atoms with E-state index in [4.69, 9.17) is 0 Å². The second kappa shape index (κ2) is 20.6. The van der Waals surface area contributed by atoms with Crippen LogP contribution < -0.4 is 14.7 Å². The molecule has 0 spiro atoms. The van der Waals surface area contributed by atoms with Crippen molar-refractivity contribution in [3.63, 3.8) is 0 Å². The first-order valence-corrected chi connectivity index (χ1v) is 26.3. The molecule has 12 aromatic rings. The molecule has 4 heteroatoms. The lowest BCUT2D eigenvalue weighted by Crippen LogP contribution is -2.18. The molecular weight excluding hydrogens is 933 g/mol. The van der Waals surface area contributed by atoms with Gasteiger partial charge < -0.3 is 19.3 Å². The van der Waals surface area contributed by atoms with Gasteiger partial charge in [0.2, 0.25) is 0 Å². The number of hydrogen-bond donors (Lipinski definition) is 0. The molecule has 0 atom stereocenters. The number of allylic oxidation sites excluding steroid dienone is 4. The Morgan fingerprint density at radius 1 is 0.325 bits per heavy atom. The summed E-state index contributed by atoms with van der Waals surface area (Å²) in [6, 6.07) is 101. The van der Waals surface area contributed by atoms with Gasteiger partial charge >= 0.3 is 0 Å². The van der Waals surface area contributed by atoms with Crippen molar-refractivity contribution in [2.45, 2.75) is 0 Å². The number of nitrogens with zero attached hydrogens (tertiary/aromatic N) is 4. The first kappa shape index (κ1) is 46.6. The molecule has 0 saturated carbocycles. The van der Waals surface area contributed by atoms with Gasteiger partial charge in [0.25, 0.3) is 0 Å². The van der Waals surface area contributed by atoms with Crippen molar-refractivity contribution in [2.24, 2.45) is 0 Å². The number of benzene rings is 11. The van der Waals surface area contributed by atoms with E-state index in [2.05, 4.69) is 329 Å². The van der Waals surface area contributed by atoms with Gasteiger partial charge in [0.15, 0.2) is 0 Å². The molecule has 0 amide bonds. The van der Waals surface area contributed by atoms with Gasteiger partial charge in [0.05, 0.1) is 11.0 Å². The van der Waals surface area contributed by atoms with Crippen molar-refractivity contribution in [1.29, 1.82) is 0 Å². The van der Waals surface area contributed by atoms with Crippen LogP contribution in [0.4, 0.5) is 45.5 Å². The molecule has 11 aromatic carbocycles. The zero-order valence-electron chi connectivity index (χ0n) is 42.6. The lowest BCUT2D eigenvalue weighted by molar-refractivity contribution is 1.09. The molecule has 13 rings (SSSR count). The number of anilines is 8. The topological polar surface area (TPSA) is 14.7 Å². The van der Waals surface area contributed by atoms with Gasteiger partial charge in [-0.3, -0.25) is 0 Å². The van der Waals surface area contributed by atoms with Crippen LogP contribution in [0.15, 0.2) is 310 Å². The number of aromatic nitrogens is 1. The smallest absolute Gasteiger partial charge is 0.0542 e. The standard InChI is InChI=1S/C73H54N4/c1-53-21-7-6-18-48-74(60-28-12-4-13-29-60)71-46-44-66(51-69(53)71)75(64-32-19-26-58(49-64)54-22-8-2-9-23-54)62-40-36-56(37-41-62)57-38-42-63(43-39-57)76(65-33-20-27-59(50-65)55-24-10-3-11-25-55)67-45-47-73-70(52-67)68-34-16-17-35-72(68)77(73)61-30-14-5-15-31-61/h2-47,49-52H,1,48H2/b18-6-,21-7-. The minimum atomic E-state index is 0.732. The summed E-state index contributed by atoms with van der Waals surface area (Å²) >= 11 is 0. The summed E-state index contributed by atoms with van der Waals surface area (Å²) < 4.78 is 2.37. The fraction of sp³-hybridized carbons (Fsp3) is 0.0137. The molecule has 0 saturated heterocycles. The van der Waals surface area contributed by atoms with Gasteiger partial charge in [-0.15, -0.1) is 0 Å². The second-order valence-electron chi connectivity index (χ2n) is 19.4. The van der Waals surface area contributed by atoms with Crippen LogP contribution >= 0.6 is 0 Å². The number of hydrogen-bond acceptors (Lipinski definition) is 3. The van der Waals surface area contributed by atoms with Gasteiger partial charge in [-0.05, 0) is 154 Å². The molecule has 1 aromatic heterocycles. The fourth-order valence-electron chi connectivity index (χ4n) is 11.0. The molecule has 0 N–H and O–H groups in total. The van der Waals surface area contributed by atoms with Crippen LogP contribution in [0.5, 0.6) is 0 Å². The summed E-state index contributed by atoms with van der Waals surface area (Å²) in [6.45, 7) is 5.34. The quantitative estimate of drug-likeness (QED) is 0.128. The first-order valence-electron chi connectivity index (χ1n) is 26.3. The number of rotatable bonds is 11. The van der Waals surface area contributed by atoms with E-state index in [0.29, 0.717) is 0 Å². The highest BCUT2D eigenvalue weighted by molar-refractivity contribution is 6.11. The van der Waals surface area contributed by atoms with Crippen LogP contribution in [-0.4, -0.2) is 11.1 Å². The molecule has 0 fully saturated rings. The molecule has 0 radical (unpaired) electrons. The normalized spacial score (nSPS) is 13.1. The summed E-state index contributed by atoms with van der Waals surface area (Å²) in [5.74, 6) is 0. The molecule has 366 valence electrons.